The quantitative estimate of drug-likeness (QED) is 0.461. The van der Waals surface area contributed by atoms with Crippen molar-refractivity contribution in [2.24, 2.45) is 5.92 Å². The van der Waals surface area contributed by atoms with Gasteiger partial charge in [0.25, 0.3) is 0 Å². The molecule has 1 atom stereocenters. The molecule has 0 bridgehead atoms. The van der Waals surface area contributed by atoms with Crippen LogP contribution in [0.2, 0.25) is 5.02 Å². The Morgan fingerprint density at radius 2 is 1.52 bits per heavy atom. The SMILES string of the molecule is COc1ccc(CN(C(=O)C(C)C)[C@H](C(=O)NCc2ccc(Cl)cc2)c2ccccc2)cc1. The highest BCUT2D eigenvalue weighted by molar-refractivity contribution is 6.30. The molecule has 5 nitrogen and oxygen atoms in total. The first-order valence-electron chi connectivity index (χ1n) is 10.9. The van der Waals surface area contributed by atoms with E-state index in [-0.39, 0.29) is 17.7 Å². The number of ether oxygens (including phenoxy) is 1. The fourth-order valence-electron chi connectivity index (χ4n) is 3.55. The van der Waals surface area contributed by atoms with Crippen molar-refractivity contribution in [3.05, 3.63) is 101 Å². The van der Waals surface area contributed by atoms with E-state index in [1.165, 1.54) is 0 Å². The molecule has 172 valence electrons. The molecule has 33 heavy (non-hydrogen) atoms. The van der Waals surface area contributed by atoms with Crippen molar-refractivity contribution in [1.29, 1.82) is 0 Å². The fourth-order valence-corrected chi connectivity index (χ4v) is 3.68. The Bertz CT molecular complexity index is 1050. The van der Waals surface area contributed by atoms with Gasteiger partial charge in [-0.05, 0) is 41.0 Å². The van der Waals surface area contributed by atoms with Crippen LogP contribution in [0.25, 0.3) is 0 Å². The average molecular weight is 465 g/mol. The molecule has 0 fully saturated rings. The highest BCUT2D eigenvalue weighted by atomic mass is 35.5. The third-order valence-corrected chi connectivity index (χ3v) is 5.60. The average Bonchev–Trinajstić information content (AvgIpc) is 2.84. The number of carbonyl (C=O) groups excluding carboxylic acids is 2. The Morgan fingerprint density at radius 3 is 2.09 bits per heavy atom. The Balaban J connectivity index is 1.91. The van der Waals surface area contributed by atoms with Gasteiger partial charge in [0.05, 0.1) is 7.11 Å². The minimum absolute atomic E-state index is 0.0960. The first-order valence-corrected chi connectivity index (χ1v) is 11.3. The number of hydrogen-bond donors (Lipinski definition) is 1. The molecule has 3 aromatic carbocycles. The number of rotatable bonds is 9. The van der Waals surface area contributed by atoms with E-state index in [0.717, 1.165) is 22.4 Å². The zero-order valence-corrected chi connectivity index (χ0v) is 19.9. The summed E-state index contributed by atoms with van der Waals surface area (Å²) in [5.41, 5.74) is 2.60. The Hall–Kier alpha value is -3.31. The van der Waals surface area contributed by atoms with Crippen LogP contribution in [-0.4, -0.2) is 23.8 Å². The molecule has 0 aliphatic rings. The van der Waals surface area contributed by atoms with Crippen LogP contribution in [0.15, 0.2) is 78.9 Å². The smallest absolute Gasteiger partial charge is 0.247 e. The van der Waals surface area contributed by atoms with Gasteiger partial charge >= 0.3 is 0 Å². The predicted octanol–water partition coefficient (Wildman–Crippen LogP) is 5.39. The molecule has 0 heterocycles. The number of nitrogens with one attached hydrogen (secondary N) is 1. The normalized spacial score (nSPS) is 11.7. The van der Waals surface area contributed by atoms with Crippen LogP contribution in [0.5, 0.6) is 5.75 Å². The van der Waals surface area contributed by atoms with Crippen LogP contribution in [0.4, 0.5) is 0 Å². The van der Waals surface area contributed by atoms with Gasteiger partial charge in [0, 0.05) is 24.0 Å². The van der Waals surface area contributed by atoms with Crippen LogP contribution in [0, 0.1) is 5.92 Å². The molecule has 6 heteroatoms. The molecule has 0 spiro atoms. The van der Waals surface area contributed by atoms with E-state index in [2.05, 4.69) is 5.32 Å². The minimum atomic E-state index is -0.768. The Kier molecular flexibility index (Phi) is 8.50. The number of nitrogens with zero attached hydrogens (tertiary/aromatic N) is 1. The van der Waals surface area contributed by atoms with Crippen LogP contribution < -0.4 is 10.1 Å². The summed E-state index contributed by atoms with van der Waals surface area (Å²) in [5.74, 6) is 0.138. The third kappa shape index (κ3) is 6.59. The third-order valence-electron chi connectivity index (χ3n) is 5.34. The molecule has 0 unspecified atom stereocenters. The topological polar surface area (TPSA) is 58.6 Å². The van der Waals surface area contributed by atoms with Crippen LogP contribution in [0.1, 0.15) is 36.6 Å². The predicted molar refractivity (Wildman–Crippen MR) is 131 cm³/mol. The van der Waals surface area contributed by atoms with Crippen molar-refractivity contribution >= 4 is 23.4 Å². The van der Waals surface area contributed by atoms with Gasteiger partial charge in [0.2, 0.25) is 11.8 Å². The van der Waals surface area contributed by atoms with Gasteiger partial charge in [-0.15, -0.1) is 0 Å². The number of hydrogen-bond acceptors (Lipinski definition) is 3. The molecular formula is C27H29ClN2O3. The number of halogens is 1. The van der Waals surface area contributed by atoms with Gasteiger partial charge in [0.15, 0.2) is 0 Å². The zero-order chi connectivity index (χ0) is 23.8. The monoisotopic (exact) mass is 464 g/mol. The molecular weight excluding hydrogens is 436 g/mol. The molecule has 0 radical (unpaired) electrons. The summed E-state index contributed by atoms with van der Waals surface area (Å²) in [6.45, 7) is 4.33. The lowest BCUT2D eigenvalue weighted by atomic mass is 10.0. The van der Waals surface area contributed by atoms with E-state index in [4.69, 9.17) is 16.3 Å². The molecule has 1 N–H and O–H groups in total. The van der Waals surface area contributed by atoms with Crippen molar-refractivity contribution in [3.63, 3.8) is 0 Å². The van der Waals surface area contributed by atoms with Crippen LogP contribution in [-0.2, 0) is 22.7 Å². The first-order chi connectivity index (χ1) is 15.9. The van der Waals surface area contributed by atoms with Gasteiger partial charge in [-0.2, -0.15) is 0 Å². The maximum Gasteiger partial charge on any atom is 0.247 e. The summed E-state index contributed by atoms with van der Waals surface area (Å²) in [4.78, 5) is 28.5. The van der Waals surface area contributed by atoms with Gasteiger partial charge in [0.1, 0.15) is 11.8 Å². The summed E-state index contributed by atoms with van der Waals surface area (Å²) in [6, 6.07) is 23.5. The lowest BCUT2D eigenvalue weighted by Crippen LogP contribution is -2.44. The first kappa shape index (κ1) is 24.3. The number of benzene rings is 3. The van der Waals surface area contributed by atoms with E-state index in [9.17, 15) is 9.59 Å². The van der Waals surface area contributed by atoms with Crippen molar-refractivity contribution in [2.75, 3.05) is 7.11 Å². The van der Waals surface area contributed by atoms with E-state index in [1.807, 2.05) is 80.6 Å². The van der Waals surface area contributed by atoms with Crippen LogP contribution in [0.3, 0.4) is 0 Å². The standard InChI is InChI=1S/C27H29ClN2O3/c1-19(2)27(32)30(18-21-11-15-24(33-3)16-12-21)25(22-7-5-4-6-8-22)26(31)29-17-20-9-13-23(28)14-10-20/h4-16,19,25H,17-18H2,1-3H3,(H,29,31)/t25-/m0/s1. The molecule has 0 aliphatic heterocycles. The molecule has 0 aromatic heterocycles. The Labute approximate surface area is 200 Å². The van der Waals surface area contributed by atoms with E-state index in [1.54, 1.807) is 24.1 Å². The highest BCUT2D eigenvalue weighted by Gasteiger charge is 2.32. The summed E-state index contributed by atoms with van der Waals surface area (Å²) in [7, 11) is 1.61. The fraction of sp³-hybridized carbons (Fsp3) is 0.259. The Morgan fingerprint density at radius 1 is 0.909 bits per heavy atom. The minimum Gasteiger partial charge on any atom is -0.497 e. The molecule has 0 saturated heterocycles. The highest BCUT2D eigenvalue weighted by Crippen LogP contribution is 2.26. The molecule has 3 aromatic rings. The summed E-state index contributed by atoms with van der Waals surface area (Å²) in [5, 5.41) is 3.64. The molecule has 0 saturated carbocycles. The van der Waals surface area contributed by atoms with Gasteiger partial charge < -0.3 is 15.0 Å². The summed E-state index contributed by atoms with van der Waals surface area (Å²) < 4.78 is 5.24. The van der Waals surface area contributed by atoms with Crippen LogP contribution >= 0.6 is 11.6 Å². The van der Waals surface area contributed by atoms with Gasteiger partial charge in [-0.3, -0.25) is 9.59 Å². The van der Waals surface area contributed by atoms with Gasteiger partial charge in [-0.1, -0.05) is 80.0 Å². The largest absolute Gasteiger partial charge is 0.497 e. The second-order valence-corrected chi connectivity index (χ2v) is 8.56. The van der Waals surface area contributed by atoms with Gasteiger partial charge in [-0.25, -0.2) is 0 Å². The number of methoxy groups -OCH3 is 1. The lowest BCUT2D eigenvalue weighted by Gasteiger charge is -2.33. The maximum absolute atomic E-state index is 13.5. The lowest BCUT2D eigenvalue weighted by molar-refractivity contribution is -0.144. The van der Waals surface area contributed by atoms with E-state index in [0.29, 0.717) is 18.1 Å². The summed E-state index contributed by atoms with van der Waals surface area (Å²) in [6.07, 6.45) is 0. The maximum atomic E-state index is 13.5. The number of amides is 2. The van der Waals surface area contributed by atoms with Crippen molar-refractivity contribution in [3.8, 4) is 5.75 Å². The van der Waals surface area contributed by atoms with Crippen molar-refractivity contribution in [2.45, 2.75) is 33.0 Å². The molecule has 2 amide bonds. The van der Waals surface area contributed by atoms with E-state index < -0.39 is 6.04 Å². The van der Waals surface area contributed by atoms with Crippen molar-refractivity contribution in [1.82, 2.24) is 10.2 Å². The second-order valence-electron chi connectivity index (χ2n) is 8.13. The molecule has 0 aliphatic carbocycles. The second kappa shape index (κ2) is 11.5. The van der Waals surface area contributed by atoms with E-state index >= 15 is 0 Å². The number of carbonyl (C=O) groups is 2. The van der Waals surface area contributed by atoms with Crippen molar-refractivity contribution < 1.29 is 14.3 Å². The summed E-state index contributed by atoms with van der Waals surface area (Å²) >= 11 is 5.97. The zero-order valence-electron chi connectivity index (χ0n) is 19.1. The molecule has 3 rings (SSSR count).